The monoisotopic (exact) mass is 247 g/mol. The summed E-state index contributed by atoms with van der Waals surface area (Å²) < 4.78 is 5.37. The largest absolute Gasteiger partial charge is 0.494 e. The van der Waals surface area contributed by atoms with Crippen LogP contribution in [-0.2, 0) is 9.59 Å². The lowest BCUT2D eigenvalue weighted by molar-refractivity contribution is -0.129. The highest BCUT2D eigenvalue weighted by atomic mass is 16.5. The standard InChI is InChI=1S/C14H17NO3/c1-3-18-13-6-4-11(5-7-13)10(2)15-9-12(16)8-14(15)17/h4-7,10H,3,8-9H2,1-2H3. The Bertz CT molecular complexity index is 453. The van der Waals surface area contributed by atoms with Crippen molar-refractivity contribution in [2.45, 2.75) is 26.3 Å². The van der Waals surface area contributed by atoms with Crippen molar-refractivity contribution in [3.63, 3.8) is 0 Å². The molecule has 1 atom stereocenters. The second kappa shape index (κ2) is 5.21. The topological polar surface area (TPSA) is 46.6 Å². The minimum Gasteiger partial charge on any atom is -0.494 e. The smallest absolute Gasteiger partial charge is 0.230 e. The first-order valence-corrected chi connectivity index (χ1v) is 6.15. The maximum Gasteiger partial charge on any atom is 0.230 e. The fourth-order valence-electron chi connectivity index (χ4n) is 2.15. The molecule has 0 saturated carbocycles. The maximum atomic E-state index is 11.6. The van der Waals surface area contributed by atoms with E-state index in [4.69, 9.17) is 4.74 Å². The van der Waals surface area contributed by atoms with Crippen molar-refractivity contribution >= 4 is 11.7 Å². The average molecular weight is 247 g/mol. The Labute approximate surface area is 107 Å². The van der Waals surface area contributed by atoms with Crippen molar-refractivity contribution in [1.82, 2.24) is 4.90 Å². The van der Waals surface area contributed by atoms with Crippen molar-refractivity contribution in [2.24, 2.45) is 0 Å². The molecule has 0 bridgehead atoms. The van der Waals surface area contributed by atoms with Gasteiger partial charge in [-0.2, -0.15) is 0 Å². The molecule has 1 aromatic carbocycles. The van der Waals surface area contributed by atoms with Crippen LogP contribution in [0.2, 0.25) is 0 Å². The van der Waals surface area contributed by atoms with Crippen LogP contribution in [0.4, 0.5) is 0 Å². The highest BCUT2D eigenvalue weighted by Crippen LogP contribution is 2.25. The van der Waals surface area contributed by atoms with E-state index in [-0.39, 0.29) is 30.7 Å². The predicted molar refractivity (Wildman–Crippen MR) is 67.4 cm³/mol. The third kappa shape index (κ3) is 2.53. The summed E-state index contributed by atoms with van der Waals surface area (Å²) in [4.78, 5) is 24.5. The number of nitrogens with zero attached hydrogens (tertiary/aromatic N) is 1. The molecule has 96 valence electrons. The average Bonchev–Trinajstić information content (AvgIpc) is 2.69. The summed E-state index contributed by atoms with van der Waals surface area (Å²) in [6, 6.07) is 7.58. The zero-order valence-electron chi connectivity index (χ0n) is 10.7. The highest BCUT2D eigenvalue weighted by Gasteiger charge is 2.31. The highest BCUT2D eigenvalue weighted by molar-refractivity contribution is 6.05. The van der Waals surface area contributed by atoms with Gasteiger partial charge in [-0.05, 0) is 31.5 Å². The molecule has 1 saturated heterocycles. The number of amides is 1. The second-order valence-electron chi connectivity index (χ2n) is 4.42. The van der Waals surface area contributed by atoms with E-state index >= 15 is 0 Å². The Kier molecular flexibility index (Phi) is 3.65. The normalized spacial score (nSPS) is 17.1. The van der Waals surface area contributed by atoms with Gasteiger partial charge in [0.05, 0.1) is 25.6 Å². The molecule has 1 heterocycles. The van der Waals surface area contributed by atoms with Crippen molar-refractivity contribution in [1.29, 1.82) is 0 Å². The number of Topliss-reactive ketones (excluding diaryl/α,β-unsaturated/α-hetero) is 1. The van der Waals surface area contributed by atoms with Gasteiger partial charge >= 0.3 is 0 Å². The summed E-state index contributed by atoms with van der Waals surface area (Å²) >= 11 is 0. The van der Waals surface area contributed by atoms with E-state index in [0.29, 0.717) is 6.61 Å². The van der Waals surface area contributed by atoms with Gasteiger partial charge in [-0.25, -0.2) is 0 Å². The van der Waals surface area contributed by atoms with Gasteiger partial charge in [0.2, 0.25) is 5.91 Å². The molecule has 2 rings (SSSR count). The van der Waals surface area contributed by atoms with Crippen molar-refractivity contribution in [3.05, 3.63) is 29.8 Å². The number of likely N-dealkylation sites (tertiary alicyclic amines) is 1. The van der Waals surface area contributed by atoms with Gasteiger partial charge in [-0.15, -0.1) is 0 Å². The van der Waals surface area contributed by atoms with E-state index in [1.165, 1.54) is 0 Å². The molecular formula is C14H17NO3. The summed E-state index contributed by atoms with van der Waals surface area (Å²) in [5.74, 6) is 0.733. The zero-order valence-corrected chi connectivity index (χ0v) is 10.7. The van der Waals surface area contributed by atoms with E-state index in [1.807, 2.05) is 38.1 Å². The van der Waals surface area contributed by atoms with E-state index in [0.717, 1.165) is 11.3 Å². The number of ether oxygens (including phenoxy) is 1. The molecule has 0 N–H and O–H groups in total. The molecule has 0 spiro atoms. The van der Waals surface area contributed by atoms with Crippen LogP contribution in [0, 0.1) is 0 Å². The molecule has 4 heteroatoms. The van der Waals surface area contributed by atoms with Crippen molar-refractivity contribution < 1.29 is 14.3 Å². The summed E-state index contributed by atoms with van der Waals surface area (Å²) in [6.45, 7) is 4.73. The molecule has 1 amide bonds. The number of ketones is 1. The van der Waals surface area contributed by atoms with Crippen molar-refractivity contribution in [3.8, 4) is 5.75 Å². The maximum absolute atomic E-state index is 11.6. The lowest BCUT2D eigenvalue weighted by Crippen LogP contribution is -2.28. The third-order valence-corrected chi connectivity index (χ3v) is 3.16. The molecule has 0 radical (unpaired) electrons. The summed E-state index contributed by atoms with van der Waals surface area (Å²) in [5.41, 5.74) is 1.02. The van der Waals surface area contributed by atoms with Crippen LogP contribution in [0.5, 0.6) is 5.75 Å². The van der Waals surface area contributed by atoms with Crippen LogP contribution in [0.15, 0.2) is 24.3 Å². The lowest BCUT2D eigenvalue weighted by atomic mass is 10.1. The van der Waals surface area contributed by atoms with Crippen LogP contribution in [0.1, 0.15) is 31.9 Å². The summed E-state index contributed by atoms with van der Waals surface area (Å²) in [5, 5.41) is 0. The quantitative estimate of drug-likeness (QED) is 0.764. The van der Waals surface area contributed by atoms with Crippen molar-refractivity contribution in [2.75, 3.05) is 13.2 Å². The molecule has 0 aromatic heterocycles. The lowest BCUT2D eigenvalue weighted by Gasteiger charge is -2.23. The second-order valence-corrected chi connectivity index (χ2v) is 4.42. The first kappa shape index (κ1) is 12.6. The Hall–Kier alpha value is -1.84. The van der Waals surface area contributed by atoms with Gasteiger partial charge in [-0.3, -0.25) is 9.59 Å². The molecule has 4 nitrogen and oxygen atoms in total. The van der Waals surface area contributed by atoms with Crippen LogP contribution in [0.25, 0.3) is 0 Å². The molecular weight excluding hydrogens is 230 g/mol. The molecule has 1 unspecified atom stereocenters. The summed E-state index contributed by atoms with van der Waals surface area (Å²) in [7, 11) is 0. The third-order valence-electron chi connectivity index (χ3n) is 3.16. The van der Waals surface area contributed by atoms with E-state index < -0.39 is 0 Å². The number of rotatable bonds is 4. The van der Waals surface area contributed by atoms with Gasteiger partial charge in [0.25, 0.3) is 0 Å². The predicted octanol–water partition coefficient (Wildman–Crippen LogP) is 1.95. The minimum absolute atomic E-state index is 0.00205. The number of carbonyl (C=O) groups is 2. The summed E-state index contributed by atoms with van der Waals surface area (Å²) in [6.07, 6.45) is 0.0430. The van der Waals surface area contributed by atoms with Crippen LogP contribution in [-0.4, -0.2) is 29.7 Å². The molecule has 1 aliphatic heterocycles. The van der Waals surface area contributed by atoms with Gasteiger partial charge in [0.1, 0.15) is 5.75 Å². The van der Waals surface area contributed by atoms with Gasteiger partial charge < -0.3 is 9.64 Å². The van der Waals surface area contributed by atoms with Crippen LogP contribution in [0.3, 0.4) is 0 Å². The SMILES string of the molecule is CCOc1ccc(C(C)N2CC(=O)CC2=O)cc1. The number of hydrogen-bond acceptors (Lipinski definition) is 3. The Morgan fingerprint density at radius 2 is 1.94 bits per heavy atom. The Balaban J connectivity index is 2.11. The van der Waals surface area contributed by atoms with E-state index in [9.17, 15) is 9.59 Å². The Morgan fingerprint density at radius 3 is 2.44 bits per heavy atom. The molecule has 1 aliphatic rings. The fraction of sp³-hybridized carbons (Fsp3) is 0.429. The molecule has 18 heavy (non-hydrogen) atoms. The van der Waals surface area contributed by atoms with Gasteiger partial charge in [0.15, 0.2) is 5.78 Å². The number of hydrogen-bond donors (Lipinski definition) is 0. The van der Waals surface area contributed by atoms with Crippen LogP contribution < -0.4 is 4.74 Å². The minimum atomic E-state index is -0.0821. The van der Waals surface area contributed by atoms with Gasteiger partial charge in [-0.1, -0.05) is 12.1 Å². The molecule has 0 aliphatic carbocycles. The van der Waals surface area contributed by atoms with E-state index in [2.05, 4.69) is 0 Å². The first-order chi connectivity index (χ1) is 8.61. The zero-order chi connectivity index (χ0) is 13.1. The van der Waals surface area contributed by atoms with Crippen LogP contribution >= 0.6 is 0 Å². The van der Waals surface area contributed by atoms with E-state index in [1.54, 1.807) is 4.90 Å². The molecule has 1 aromatic rings. The fourth-order valence-corrected chi connectivity index (χ4v) is 2.15. The number of carbonyl (C=O) groups excluding carboxylic acids is 2. The first-order valence-electron chi connectivity index (χ1n) is 6.15. The van der Waals surface area contributed by atoms with Gasteiger partial charge in [0, 0.05) is 0 Å². The molecule has 1 fully saturated rings. The Morgan fingerprint density at radius 1 is 1.28 bits per heavy atom. The number of benzene rings is 1.